The molecular weight excluding hydrogens is 230 g/mol. The lowest BCUT2D eigenvalue weighted by molar-refractivity contribution is 0.0732. The van der Waals surface area contributed by atoms with Crippen LogP contribution in [0.2, 0.25) is 0 Å². The molecule has 1 aromatic rings. The molecule has 0 aliphatic heterocycles. The third-order valence-electron chi connectivity index (χ3n) is 2.48. The first-order valence-electron chi connectivity index (χ1n) is 6.21. The number of amides is 1. The van der Waals surface area contributed by atoms with Gasteiger partial charge in [-0.1, -0.05) is 0 Å². The molecule has 0 fully saturated rings. The number of anilines is 1. The summed E-state index contributed by atoms with van der Waals surface area (Å²) >= 11 is 0. The molecule has 0 spiro atoms. The molecule has 0 radical (unpaired) electrons. The molecule has 0 saturated heterocycles. The Bertz CT molecular complexity index is 394. The zero-order valence-corrected chi connectivity index (χ0v) is 11.2. The number of rotatable bonds is 6. The monoisotopic (exact) mass is 251 g/mol. The molecule has 1 rings (SSSR count). The van der Waals surface area contributed by atoms with Crippen molar-refractivity contribution in [1.29, 1.82) is 0 Å². The van der Waals surface area contributed by atoms with Gasteiger partial charge in [0.25, 0.3) is 5.91 Å². The van der Waals surface area contributed by atoms with Crippen LogP contribution in [0.25, 0.3) is 0 Å². The van der Waals surface area contributed by atoms with Gasteiger partial charge in [0.05, 0.1) is 6.61 Å². The predicted molar refractivity (Wildman–Crippen MR) is 71.7 cm³/mol. The van der Waals surface area contributed by atoms with E-state index in [1.807, 2.05) is 20.8 Å². The normalized spacial score (nSPS) is 10.5. The summed E-state index contributed by atoms with van der Waals surface area (Å²) in [7, 11) is 0. The van der Waals surface area contributed by atoms with E-state index in [4.69, 9.17) is 5.11 Å². The molecule has 0 saturated carbocycles. The fourth-order valence-electron chi connectivity index (χ4n) is 1.64. The van der Waals surface area contributed by atoms with Crippen molar-refractivity contribution >= 4 is 11.7 Å². The molecule has 2 N–H and O–H groups in total. The second-order valence-corrected chi connectivity index (χ2v) is 4.34. The fourth-order valence-corrected chi connectivity index (χ4v) is 1.64. The molecule has 100 valence electrons. The first-order chi connectivity index (χ1) is 8.58. The maximum atomic E-state index is 12.2. The summed E-state index contributed by atoms with van der Waals surface area (Å²) in [6.45, 7) is 6.82. The lowest BCUT2D eigenvalue weighted by Gasteiger charge is -2.20. The standard InChI is InChI=1S/C13H21N3O2/c1-4-16(7-8-17)13(18)11-5-6-14-12(9-11)15-10(2)3/h5-6,9-10,17H,4,7-8H2,1-3H3,(H,14,15). The minimum Gasteiger partial charge on any atom is -0.395 e. The molecule has 0 atom stereocenters. The quantitative estimate of drug-likeness (QED) is 0.801. The number of hydrogen-bond donors (Lipinski definition) is 2. The maximum Gasteiger partial charge on any atom is 0.254 e. The Hall–Kier alpha value is -1.62. The molecule has 18 heavy (non-hydrogen) atoms. The summed E-state index contributed by atoms with van der Waals surface area (Å²) in [5, 5.41) is 12.1. The van der Waals surface area contributed by atoms with Crippen molar-refractivity contribution in [2.24, 2.45) is 0 Å². The van der Waals surface area contributed by atoms with Gasteiger partial charge in [0, 0.05) is 30.9 Å². The van der Waals surface area contributed by atoms with Crippen LogP contribution in [0.1, 0.15) is 31.1 Å². The number of nitrogens with zero attached hydrogens (tertiary/aromatic N) is 2. The highest BCUT2D eigenvalue weighted by molar-refractivity contribution is 5.94. The van der Waals surface area contributed by atoms with Crippen LogP contribution < -0.4 is 5.32 Å². The zero-order valence-electron chi connectivity index (χ0n) is 11.2. The summed E-state index contributed by atoms with van der Waals surface area (Å²) in [6, 6.07) is 3.69. The lowest BCUT2D eigenvalue weighted by Crippen LogP contribution is -2.33. The average Bonchev–Trinajstić information content (AvgIpc) is 2.34. The van der Waals surface area contributed by atoms with Gasteiger partial charge in [-0.15, -0.1) is 0 Å². The first-order valence-corrected chi connectivity index (χ1v) is 6.21. The highest BCUT2D eigenvalue weighted by Gasteiger charge is 2.14. The minimum atomic E-state index is -0.0826. The van der Waals surface area contributed by atoms with Crippen LogP contribution in [0.4, 0.5) is 5.82 Å². The molecule has 1 amide bonds. The number of likely N-dealkylation sites (N-methyl/N-ethyl adjacent to an activating group) is 1. The summed E-state index contributed by atoms with van der Waals surface area (Å²) < 4.78 is 0. The third-order valence-corrected chi connectivity index (χ3v) is 2.48. The highest BCUT2D eigenvalue weighted by Crippen LogP contribution is 2.10. The molecule has 0 aliphatic carbocycles. The Balaban J connectivity index is 2.84. The third kappa shape index (κ3) is 4.00. The van der Waals surface area contributed by atoms with Crippen LogP contribution >= 0.6 is 0 Å². The van der Waals surface area contributed by atoms with Crippen LogP contribution in [0.5, 0.6) is 0 Å². The van der Waals surface area contributed by atoms with E-state index in [0.29, 0.717) is 24.5 Å². The number of nitrogens with one attached hydrogen (secondary N) is 1. The van der Waals surface area contributed by atoms with Crippen LogP contribution in [-0.2, 0) is 0 Å². The van der Waals surface area contributed by atoms with E-state index in [1.54, 1.807) is 23.2 Å². The molecule has 0 bridgehead atoms. The molecule has 0 aromatic carbocycles. The average molecular weight is 251 g/mol. The van der Waals surface area contributed by atoms with Crippen molar-refractivity contribution < 1.29 is 9.90 Å². The number of carbonyl (C=O) groups is 1. The van der Waals surface area contributed by atoms with Crippen molar-refractivity contribution in [3.63, 3.8) is 0 Å². The van der Waals surface area contributed by atoms with E-state index in [1.165, 1.54) is 0 Å². The van der Waals surface area contributed by atoms with Crippen molar-refractivity contribution in [2.75, 3.05) is 25.0 Å². The predicted octanol–water partition coefficient (Wildman–Crippen LogP) is 1.36. The van der Waals surface area contributed by atoms with E-state index in [2.05, 4.69) is 10.3 Å². The fraction of sp³-hybridized carbons (Fsp3) is 0.538. The second kappa shape index (κ2) is 6.96. The van der Waals surface area contributed by atoms with Gasteiger partial charge in [-0.05, 0) is 32.9 Å². The Morgan fingerprint density at radius 1 is 1.56 bits per heavy atom. The number of pyridine rings is 1. The van der Waals surface area contributed by atoms with Crippen LogP contribution in [-0.4, -0.2) is 46.6 Å². The number of aliphatic hydroxyl groups is 1. The number of hydrogen-bond acceptors (Lipinski definition) is 4. The second-order valence-electron chi connectivity index (χ2n) is 4.34. The Kier molecular flexibility index (Phi) is 5.58. The van der Waals surface area contributed by atoms with Crippen molar-refractivity contribution in [2.45, 2.75) is 26.8 Å². The van der Waals surface area contributed by atoms with Gasteiger partial charge in [0.1, 0.15) is 5.82 Å². The highest BCUT2D eigenvalue weighted by atomic mass is 16.3. The molecule has 5 heteroatoms. The van der Waals surface area contributed by atoms with E-state index in [0.717, 1.165) is 0 Å². The van der Waals surface area contributed by atoms with E-state index < -0.39 is 0 Å². The van der Waals surface area contributed by atoms with Crippen LogP contribution in [0.3, 0.4) is 0 Å². The summed E-state index contributed by atoms with van der Waals surface area (Å²) in [5.74, 6) is 0.608. The topological polar surface area (TPSA) is 65.5 Å². The van der Waals surface area contributed by atoms with Crippen LogP contribution in [0.15, 0.2) is 18.3 Å². The van der Waals surface area contributed by atoms with Gasteiger partial charge in [0.2, 0.25) is 0 Å². The Morgan fingerprint density at radius 3 is 2.83 bits per heavy atom. The minimum absolute atomic E-state index is 0.0260. The zero-order chi connectivity index (χ0) is 13.5. The van der Waals surface area contributed by atoms with Gasteiger partial charge >= 0.3 is 0 Å². The first kappa shape index (κ1) is 14.4. The van der Waals surface area contributed by atoms with E-state index in [-0.39, 0.29) is 18.6 Å². The van der Waals surface area contributed by atoms with Gasteiger partial charge < -0.3 is 15.3 Å². The number of carbonyl (C=O) groups excluding carboxylic acids is 1. The van der Waals surface area contributed by atoms with E-state index in [9.17, 15) is 4.79 Å². The number of aliphatic hydroxyl groups excluding tert-OH is 1. The molecule has 0 aliphatic rings. The largest absolute Gasteiger partial charge is 0.395 e. The summed E-state index contributed by atoms with van der Waals surface area (Å²) in [6.07, 6.45) is 1.62. The lowest BCUT2D eigenvalue weighted by atomic mass is 10.2. The van der Waals surface area contributed by atoms with Gasteiger partial charge in [-0.3, -0.25) is 4.79 Å². The van der Waals surface area contributed by atoms with Gasteiger partial charge in [0.15, 0.2) is 0 Å². The molecule has 1 aromatic heterocycles. The van der Waals surface area contributed by atoms with Crippen molar-refractivity contribution in [1.82, 2.24) is 9.88 Å². The van der Waals surface area contributed by atoms with Crippen molar-refractivity contribution in [3.05, 3.63) is 23.9 Å². The number of aromatic nitrogens is 1. The molecule has 0 unspecified atom stereocenters. The summed E-state index contributed by atoms with van der Waals surface area (Å²) in [5.41, 5.74) is 0.587. The summed E-state index contributed by atoms with van der Waals surface area (Å²) in [4.78, 5) is 17.9. The molecule has 1 heterocycles. The Labute approximate surface area is 108 Å². The maximum absolute atomic E-state index is 12.2. The molecular formula is C13H21N3O2. The van der Waals surface area contributed by atoms with Crippen LogP contribution in [0, 0.1) is 0 Å². The van der Waals surface area contributed by atoms with E-state index >= 15 is 0 Å². The Morgan fingerprint density at radius 2 is 2.28 bits per heavy atom. The van der Waals surface area contributed by atoms with Crippen molar-refractivity contribution in [3.8, 4) is 0 Å². The van der Waals surface area contributed by atoms with Gasteiger partial charge in [-0.25, -0.2) is 4.98 Å². The molecule has 5 nitrogen and oxygen atoms in total. The smallest absolute Gasteiger partial charge is 0.254 e. The SMILES string of the molecule is CCN(CCO)C(=O)c1ccnc(NC(C)C)c1. The van der Waals surface area contributed by atoms with Gasteiger partial charge in [-0.2, -0.15) is 0 Å².